The molecular formula is C13H16N2O2S2. The lowest BCUT2D eigenvalue weighted by Crippen LogP contribution is -2.10. The van der Waals surface area contributed by atoms with E-state index < -0.39 is 9.84 Å². The van der Waals surface area contributed by atoms with Crippen LogP contribution in [0.15, 0.2) is 39.9 Å². The molecule has 0 spiro atoms. The van der Waals surface area contributed by atoms with Crippen LogP contribution in [0.25, 0.3) is 0 Å². The largest absolute Gasteiger partial charge is 0.396 e. The van der Waals surface area contributed by atoms with E-state index in [1.165, 1.54) is 6.07 Å². The maximum atomic E-state index is 11.6. The summed E-state index contributed by atoms with van der Waals surface area (Å²) in [5.74, 6) is 0. The van der Waals surface area contributed by atoms with Gasteiger partial charge in [-0.05, 0) is 41.4 Å². The van der Waals surface area contributed by atoms with Crippen LogP contribution in [0.2, 0.25) is 0 Å². The molecule has 1 heterocycles. The first-order chi connectivity index (χ1) is 8.89. The minimum Gasteiger partial charge on any atom is -0.396 e. The normalized spacial score (nSPS) is 13.2. The van der Waals surface area contributed by atoms with Gasteiger partial charge in [0.05, 0.1) is 16.3 Å². The molecule has 2 rings (SSSR count). The Morgan fingerprint density at radius 2 is 2.05 bits per heavy atom. The van der Waals surface area contributed by atoms with E-state index in [1.807, 2.05) is 23.8 Å². The standard InChI is InChI=1S/C13H16N2O2S2/c1-9(10-6-7-18-8-10)15-11-4-3-5-12(13(11)14)19(2,16)17/h3-9,15H,14H2,1-2H3. The Balaban J connectivity index is 2.32. The Hall–Kier alpha value is -1.53. The van der Waals surface area contributed by atoms with Crippen molar-refractivity contribution in [2.24, 2.45) is 0 Å². The Morgan fingerprint density at radius 1 is 1.32 bits per heavy atom. The van der Waals surface area contributed by atoms with Crippen LogP contribution >= 0.6 is 11.3 Å². The molecule has 6 heteroatoms. The van der Waals surface area contributed by atoms with Crippen LogP contribution < -0.4 is 11.1 Å². The summed E-state index contributed by atoms with van der Waals surface area (Å²) in [5, 5.41) is 7.30. The highest BCUT2D eigenvalue weighted by atomic mass is 32.2. The number of rotatable bonds is 4. The van der Waals surface area contributed by atoms with Crippen molar-refractivity contribution in [1.82, 2.24) is 0 Å². The number of nitrogens with one attached hydrogen (secondary N) is 1. The molecule has 3 N–H and O–H groups in total. The van der Waals surface area contributed by atoms with Gasteiger partial charge in [-0.1, -0.05) is 6.07 Å². The topological polar surface area (TPSA) is 72.2 Å². The molecule has 1 aromatic carbocycles. The van der Waals surface area contributed by atoms with E-state index in [9.17, 15) is 8.42 Å². The van der Waals surface area contributed by atoms with Crippen molar-refractivity contribution in [2.45, 2.75) is 17.9 Å². The van der Waals surface area contributed by atoms with E-state index in [0.29, 0.717) is 5.69 Å². The van der Waals surface area contributed by atoms with E-state index in [4.69, 9.17) is 5.73 Å². The zero-order valence-electron chi connectivity index (χ0n) is 10.8. The molecule has 0 aliphatic rings. The minimum atomic E-state index is -3.31. The third-order valence-corrected chi connectivity index (χ3v) is 4.74. The van der Waals surface area contributed by atoms with Crippen molar-refractivity contribution < 1.29 is 8.42 Å². The first kappa shape index (κ1) is 13.9. The van der Waals surface area contributed by atoms with Gasteiger partial charge in [0.15, 0.2) is 9.84 Å². The molecule has 0 saturated heterocycles. The Morgan fingerprint density at radius 3 is 2.63 bits per heavy atom. The summed E-state index contributed by atoms with van der Waals surface area (Å²) in [5.41, 5.74) is 7.99. The highest BCUT2D eigenvalue weighted by Gasteiger charge is 2.15. The van der Waals surface area contributed by atoms with Crippen molar-refractivity contribution >= 4 is 32.5 Å². The lowest BCUT2D eigenvalue weighted by atomic mass is 10.1. The van der Waals surface area contributed by atoms with Crippen LogP contribution in [0.4, 0.5) is 11.4 Å². The van der Waals surface area contributed by atoms with E-state index in [2.05, 4.69) is 5.32 Å². The molecule has 0 bridgehead atoms. The van der Waals surface area contributed by atoms with Crippen molar-refractivity contribution in [3.05, 3.63) is 40.6 Å². The lowest BCUT2D eigenvalue weighted by molar-refractivity contribution is 0.602. The van der Waals surface area contributed by atoms with Crippen LogP contribution in [-0.4, -0.2) is 14.7 Å². The number of nitrogen functional groups attached to an aromatic ring is 1. The van der Waals surface area contributed by atoms with Gasteiger partial charge in [-0.25, -0.2) is 8.42 Å². The third kappa shape index (κ3) is 3.08. The molecule has 0 radical (unpaired) electrons. The molecule has 4 nitrogen and oxygen atoms in total. The average molecular weight is 296 g/mol. The summed E-state index contributed by atoms with van der Waals surface area (Å²) in [6.45, 7) is 2.01. The fraction of sp³-hybridized carbons (Fsp3) is 0.231. The number of sulfone groups is 1. The molecule has 1 unspecified atom stereocenters. The Bertz CT molecular complexity index is 664. The van der Waals surface area contributed by atoms with Crippen molar-refractivity contribution in [1.29, 1.82) is 0 Å². The predicted molar refractivity (Wildman–Crippen MR) is 80.3 cm³/mol. The molecule has 0 aliphatic carbocycles. The zero-order chi connectivity index (χ0) is 14.0. The summed E-state index contributed by atoms with van der Waals surface area (Å²) in [4.78, 5) is 0.162. The zero-order valence-corrected chi connectivity index (χ0v) is 12.4. The summed E-state index contributed by atoms with van der Waals surface area (Å²) in [6.07, 6.45) is 1.16. The highest BCUT2D eigenvalue weighted by Crippen LogP contribution is 2.30. The number of anilines is 2. The van der Waals surface area contributed by atoms with E-state index >= 15 is 0 Å². The van der Waals surface area contributed by atoms with Gasteiger partial charge >= 0.3 is 0 Å². The molecule has 2 aromatic rings. The van der Waals surface area contributed by atoms with Crippen LogP contribution in [0, 0.1) is 0 Å². The second kappa shape index (κ2) is 5.22. The minimum absolute atomic E-state index is 0.0726. The van der Waals surface area contributed by atoms with Gasteiger partial charge in [0.2, 0.25) is 0 Å². The summed E-state index contributed by atoms with van der Waals surface area (Å²) in [7, 11) is -3.31. The second-order valence-corrected chi connectivity index (χ2v) is 7.18. The van der Waals surface area contributed by atoms with Gasteiger partial charge in [0.25, 0.3) is 0 Å². The van der Waals surface area contributed by atoms with Crippen molar-refractivity contribution in [2.75, 3.05) is 17.3 Å². The van der Waals surface area contributed by atoms with Crippen LogP contribution in [0.3, 0.4) is 0 Å². The summed E-state index contributed by atoms with van der Waals surface area (Å²) < 4.78 is 23.2. The first-order valence-electron chi connectivity index (χ1n) is 5.77. The molecule has 102 valence electrons. The van der Waals surface area contributed by atoms with Gasteiger partial charge in [-0.15, -0.1) is 0 Å². The fourth-order valence-electron chi connectivity index (χ4n) is 1.83. The smallest absolute Gasteiger partial charge is 0.177 e. The fourth-order valence-corrected chi connectivity index (χ4v) is 3.42. The number of nitrogens with two attached hydrogens (primary N) is 1. The second-order valence-electron chi connectivity index (χ2n) is 4.41. The van der Waals surface area contributed by atoms with Gasteiger partial charge in [-0.2, -0.15) is 11.3 Å². The molecule has 19 heavy (non-hydrogen) atoms. The predicted octanol–water partition coefficient (Wildman–Crippen LogP) is 2.91. The lowest BCUT2D eigenvalue weighted by Gasteiger charge is -2.17. The number of hydrogen-bond donors (Lipinski definition) is 2. The molecule has 0 fully saturated rings. The molecule has 0 saturated carbocycles. The first-order valence-corrected chi connectivity index (χ1v) is 8.60. The molecule has 0 amide bonds. The van der Waals surface area contributed by atoms with E-state index in [-0.39, 0.29) is 16.6 Å². The van der Waals surface area contributed by atoms with Crippen molar-refractivity contribution in [3.63, 3.8) is 0 Å². The molecule has 1 atom stereocenters. The van der Waals surface area contributed by atoms with Gasteiger partial charge in [0, 0.05) is 12.3 Å². The quantitative estimate of drug-likeness (QED) is 0.851. The maximum Gasteiger partial charge on any atom is 0.177 e. The monoisotopic (exact) mass is 296 g/mol. The molecule has 1 aromatic heterocycles. The van der Waals surface area contributed by atoms with Gasteiger partial charge in [0.1, 0.15) is 0 Å². The highest BCUT2D eigenvalue weighted by molar-refractivity contribution is 7.90. The van der Waals surface area contributed by atoms with Crippen LogP contribution in [0.5, 0.6) is 0 Å². The van der Waals surface area contributed by atoms with Crippen LogP contribution in [-0.2, 0) is 9.84 Å². The van der Waals surface area contributed by atoms with Crippen molar-refractivity contribution in [3.8, 4) is 0 Å². The SMILES string of the molecule is CC(Nc1cccc(S(C)(=O)=O)c1N)c1ccsc1. The molecule has 0 aliphatic heterocycles. The Kier molecular flexibility index (Phi) is 3.82. The van der Waals surface area contributed by atoms with E-state index in [0.717, 1.165) is 11.8 Å². The Labute approximate surface area is 117 Å². The summed E-state index contributed by atoms with van der Waals surface area (Å²) in [6, 6.07) is 7.09. The maximum absolute atomic E-state index is 11.6. The van der Waals surface area contributed by atoms with Gasteiger partial charge in [-0.3, -0.25) is 0 Å². The van der Waals surface area contributed by atoms with E-state index in [1.54, 1.807) is 23.5 Å². The number of para-hydroxylation sites is 1. The number of hydrogen-bond acceptors (Lipinski definition) is 5. The number of benzene rings is 1. The van der Waals surface area contributed by atoms with Crippen LogP contribution in [0.1, 0.15) is 18.5 Å². The average Bonchev–Trinajstić information content (AvgIpc) is 2.83. The summed E-state index contributed by atoms with van der Waals surface area (Å²) >= 11 is 1.62. The molecular weight excluding hydrogens is 280 g/mol. The van der Waals surface area contributed by atoms with Gasteiger partial charge < -0.3 is 11.1 Å². The third-order valence-electron chi connectivity index (χ3n) is 2.88. The number of thiophene rings is 1.